The molecule has 0 radical (unpaired) electrons. The van der Waals surface area contributed by atoms with Gasteiger partial charge in [0.2, 0.25) is 0 Å². The fourth-order valence-electron chi connectivity index (χ4n) is 4.01. The van der Waals surface area contributed by atoms with Gasteiger partial charge in [0.05, 0.1) is 18.4 Å². The van der Waals surface area contributed by atoms with E-state index in [4.69, 9.17) is 9.47 Å². The van der Waals surface area contributed by atoms with E-state index < -0.39 is 17.7 Å². The van der Waals surface area contributed by atoms with Gasteiger partial charge in [-0.3, -0.25) is 0 Å². The molecule has 0 saturated carbocycles. The van der Waals surface area contributed by atoms with E-state index in [1.807, 2.05) is 19.1 Å². The highest BCUT2D eigenvalue weighted by Crippen LogP contribution is 2.46. The van der Waals surface area contributed by atoms with Gasteiger partial charge in [-0.05, 0) is 36.8 Å². The molecule has 5 rings (SSSR count). The molecule has 2 N–H and O–H groups in total. The Morgan fingerprint density at radius 3 is 2.81 bits per heavy atom. The number of carbonyl (C=O) groups is 1. The molecule has 136 valence electrons. The Bertz CT molecular complexity index is 1150. The number of rotatable bonds is 2. The molecule has 0 bridgehead atoms. The third kappa shape index (κ3) is 2.33. The molecule has 0 fully saturated rings. The predicted octanol–water partition coefficient (Wildman–Crippen LogP) is 3.99. The molecule has 0 amide bonds. The number of anilines is 1. The van der Waals surface area contributed by atoms with Crippen molar-refractivity contribution in [2.24, 2.45) is 0 Å². The van der Waals surface area contributed by atoms with Gasteiger partial charge in [-0.25, -0.2) is 9.18 Å². The molecule has 27 heavy (non-hydrogen) atoms. The van der Waals surface area contributed by atoms with Gasteiger partial charge in [-0.1, -0.05) is 6.07 Å². The van der Waals surface area contributed by atoms with Crippen molar-refractivity contribution in [2.75, 3.05) is 19.0 Å². The third-order valence-electron chi connectivity index (χ3n) is 5.22. The standard InChI is InChI=1S/C21H17FN2O3/c1-10-5-11-6-17-14(8-16(11)23-10)19(20-18(24-17)9-27-21(20)25)13-4-3-12(26-2)7-15(13)22/h3-8,19,23-24H,9H2,1-2H3/t19-/m1/s1. The first-order valence-corrected chi connectivity index (χ1v) is 8.69. The molecule has 3 aromatic rings. The van der Waals surface area contributed by atoms with Crippen molar-refractivity contribution in [3.05, 3.63) is 70.3 Å². The van der Waals surface area contributed by atoms with Crippen LogP contribution in [0.3, 0.4) is 0 Å². The number of aromatic amines is 1. The predicted molar refractivity (Wildman–Crippen MR) is 99.4 cm³/mol. The van der Waals surface area contributed by atoms with Gasteiger partial charge in [0.15, 0.2) is 0 Å². The number of halogens is 1. The van der Waals surface area contributed by atoms with Gasteiger partial charge >= 0.3 is 5.97 Å². The Hall–Kier alpha value is -3.28. The molecule has 0 unspecified atom stereocenters. The van der Waals surface area contributed by atoms with Gasteiger partial charge in [0.1, 0.15) is 18.2 Å². The lowest BCUT2D eigenvalue weighted by Crippen LogP contribution is -2.20. The van der Waals surface area contributed by atoms with Crippen molar-refractivity contribution >= 4 is 22.6 Å². The molecule has 2 aliphatic rings. The summed E-state index contributed by atoms with van der Waals surface area (Å²) < 4.78 is 25.3. The molecule has 3 heterocycles. The van der Waals surface area contributed by atoms with Gasteiger partial charge in [0, 0.05) is 39.8 Å². The van der Waals surface area contributed by atoms with Gasteiger partial charge in [0.25, 0.3) is 0 Å². The van der Waals surface area contributed by atoms with Crippen molar-refractivity contribution in [1.82, 2.24) is 4.98 Å². The first kappa shape index (κ1) is 15.9. The lowest BCUT2D eigenvalue weighted by atomic mass is 9.80. The number of cyclic esters (lactones) is 1. The summed E-state index contributed by atoms with van der Waals surface area (Å²) in [6.45, 7) is 2.16. The van der Waals surface area contributed by atoms with Crippen molar-refractivity contribution in [3.63, 3.8) is 0 Å². The van der Waals surface area contributed by atoms with Crippen LogP contribution in [0, 0.1) is 12.7 Å². The van der Waals surface area contributed by atoms with Crippen LogP contribution in [0.1, 0.15) is 22.7 Å². The van der Waals surface area contributed by atoms with Crippen LogP contribution in [0.4, 0.5) is 10.1 Å². The van der Waals surface area contributed by atoms with Crippen molar-refractivity contribution in [1.29, 1.82) is 0 Å². The topological polar surface area (TPSA) is 63.4 Å². The number of fused-ring (bicyclic) bond motifs is 2. The van der Waals surface area contributed by atoms with Crippen LogP contribution in [-0.4, -0.2) is 24.7 Å². The molecule has 2 aliphatic heterocycles. The second-order valence-electron chi connectivity index (χ2n) is 6.89. The number of benzene rings is 2. The maximum Gasteiger partial charge on any atom is 0.337 e. The Balaban J connectivity index is 1.77. The molecule has 6 heteroatoms. The van der Waals surface area contributed by atoms with Crippen LogP contribution >= 0.6 is 0 Å². The van der Waals surface area contributed by atoms with E-state index in [1.165, 1.54) is 13.2 Å². The number of aryl methyl sites for hydroxylation is 1. The largest absolute Gasteiger partial charge is 0.497 e. The third-order valence-corrected chi connectivity index (χ3v) is 5.22. The lowest BCUT2D eigenvalue weighted by molar-refractivity contribution is -0.136. The summed E-state index contributed by atoms with van der Waals surface area (Å²) in [5.74, 6) is -0.929. The molecular formula is C21H17FN2O3. The highest BCUT2D eigenvalue weighted by atomic mass is 19.1. The van der Waals surface area contributed by atoms with E-state index >= 15 is 0 Å². The van der Waals surface area contributed by atoms with Crippen LogP contribution in [-0.2, 0) is 9.53 Å². The first-order chi connectivity index (χ1) is 13.0. The minimum absolute atomic E-state index is 0.173. The fraction of sp³-hybridized carbons (Fsp3) is 0.190. The summed E-state index contributed by atoms with van der Waals surface area (Å²) in [5, 5.41) is 4.36. The molecule has 2 aromatic carbocycles. The minimum Gasteiger partial charge on any atom is -0.497 e. The number of ether oxygens (including phenoxy) is 2. The van der Waals surface area contributed by atoms with Crippen LogP contribution in [0.25, 0.3) is 10.9 Å². The number of H-pyrrole nitrogens is 1. The van der Waals surface area contributed by atoms with E-state index in [9.17, 15) is 9.18 Å². The summed E-state index contributed by atoms with van der Waals surface area (Å²) >= 11 is 0. The molecule has 0 saturated heterocycles. The summed E-state index contributed by atoms with van der Waals surface area (Å²) in [7, 11) is 1.49. The normalized spacial score (nSPS) is 18.2. The highest BCUT2D eigenvalue weighted by Gasteiger charge is 2.39. The number of esters is 1. The Morgan fingerprint density at radius 2 is 2.04 bits per heavy atom. The monoisotopic (exact) mass is 364 g/mol. The van der Waals surface area contributed by atoms with Crippen molar-refractivity contribution in [2.45, 2.75) is 12.8 Å². The number of hydrogen-bond acceptors (Lipinski definition) is 4. The summed E-state index contributed by atoms with van der Waals surface area (Å²) in [6.07, 6.45) is 0. The average Bonchev–Trinajstić information content (AvgIpc) is 3.19. The van der Waals surface area contributed by atoms with E-state index in [0.717, 1.165) is 27.8 Å². The second kappa shape index (κ2) is 5.61. The molecule has 0 aliphatic carbocycles. The smallest absolute Gasteiger partial charge is 0.337 e. The van der Waals surface area contributed by atoms with Gasteiger partial charge < -0.3 is 19.8 Å². The van der Waals surface area contributed by atoms with Crippen LogP contribution < -0.4 is 10.1 Å². The SMILES string of the molecule is COc1ccc([C@H]2C3=C(COC3=O)Nc3cc4cc(C)[nH]c4cc32)c(F)c1. The number of hydrogen-bond donors (Lipinski definition) is 2. The van der Waals surface area contributed by atoms with Crippen molar-refractivity contribution in [3.8, 4) is 5.75 Å². The lowest BCUT2D eigenvalue weighted by Gasteiger charge is -2.27. The van der Waals surface area contributed by atoms with Crippen molar-refractivity contribution < 1.29 is 18.7 Å². The molecule has 1 aromatic heterocycles. The van der Waals surface area contributed by atoms with Gasteiger partial charge in [-0.15, -0.1) is 0 Å². The number of aromatic nitrogens is 1. The summed E-state index contributed by atoms with van der Waals surface area (Å²) in [6, 6.07) is 10.8. The van der Waals surface area contributed by atoms with Crippen LogP contribution in [0.15, 0.2) is 47.7 Å². The Labute approximate surface area is 154 Å². The zero-order chi connectivity index (χ0) is 18.7. The first-order valence-electron chi connectivity index (χ1n) is 8.69. The maximum atomic E-state index is 14.9. The Morgan fingerprint density at radius 1 is 1.19 bits per heavy atom. The van der Waals surface area contributed by atoms with E-state index in [-0.39, 0.29) is 6.61 Å². The van der Waals surface area contributed by atoms with E-state index in [0.29, 0.717) is 22.6 Å². The molecule has 5 nitrogen and oxygen atoms in total. The van der Waals surface area contributed by atoms with E-state index in [2.05, 4.69) is 16.4 Å². The zero-order valence-corrected chi connectivity index (χ0v) is 14.9. The number of methoxy groups -OCH3 is 1. The average molecular weight is 364 g/mol. The van der Waals surface area contributed by atoms with Crippen LogP contribution in [0.2, 0.25) is 0 Å². The Kier molecular flexibility index (Phi) is 3.31. The summed E-state index contributed by atoms with van der Waals surface area (Å²) in [5.41, 5.74) is 5.27. The second-order valence-corrected chi connectivity index (χ2v) is 6.89. The number of nitrogens with one attached hydrogen (secondary N) is 2. The molecular weight excluding hydrogens is 347 g/mol. The minimum atomic E-state index is -0.537. The van der Waals surface area contributed by atoms with Crippen LogP contribution in [0.5, 0.6) is 5.75 Å². The highest BCUT2D eigenvalue weighted by molar-refractivity contribution is 5.98. The van der Waals surface area contributed by atoms with Gasteiger partial charge in [-0.2, -0.15) is 0 Å². The number of carbonyl (C=O) groups excluding carboxylic acids is 1. The zero-order valence-electron chi connectivity index (χ0n) is 14.9. The molecule has 1 atom stereocenters. The molecule has 0 spiro atoms. The fourth-order valence-corrected chi connectivity index (χ4v) is 4.01. The quantitative estimate of drug-likeness (QED) is 0.675. The maximum absolute atomic E-state index is 14.9. The summed E-state index contributed by atoms with van der Waals surface area (Å²) in [4.78, 5) is 15.7. The van der Waals surface area contributed by atoms with E-state index in [1.54, 1.807) is 12.1 Å².